The van der Waals surface area contributed by atoms with Crippen molar-refractivity contribution in [3.8, 4) is 0 Å². The van der Waals surface area contributed by atoms with Crippen LogP contribution in [-0.4, -0.2) is 17.0 Å². The summed E-state index contributed by atoms with van der Waals surface area (Å²) < 4.78 is 0. The molecular formula is C16H21N3. The third-order valence-electron chi connectivity index (χ3n) is 3.31. The van der Waals surface area contributed by atoms with Crippen molar-refractivity contribution >= 4 is 0 Å². The minimum Gasteiger partial charge on any atom is -0.312 e. The number of benzene rings is 1. The fraction of sp³-hybridized carbons (Fsp3) is 0.375. The number of nitrogens with zero attached hydrogens (tertiary/aromatic N) is 2. The molecule has 3 nitrogen and oxygen atoms in total. The van der Waals surface area contributed by atoms with E-state index in [1.807, 2.05) is 26.4 Å². The van der Waals surface area contributed by atoms with Crippen LogP contribution in [0.4, 0.5) is 0 Å². The maximum absolute atomic E-state index is 4.45. The Bertz CT molecular complexity index is 479. The predicted octanol–water partition coefficient (Wildman–Crippen LogP) is 3.07. The summed E-state index contributed by atoms with van der Waals surface area (Å²) in [6.45, 7) is 1.96. The lowest BCUT2D eigenvalue weighted by atomic mass is 10.0. The molecule has 0 bridgehead atoms. The van der Waals surface area contributed by atoms with Gasteiger partial charge >= 0.3 is 0 Å². The fourth-order valence-electron chi connectivity index (χ4n) is 2.18. The highest BCUT2D eigenvalue weighted by atomic mass is 14.9. The minimum absolute atomic E-state index is 0.289. The highest BCUT2D eigenvalue weighted by molar-refractivity contribution is 5.14. The smallest absolute Gasteiger partial charge is 0.0756 e. The predicted molar refractivity (Wildman–Crippen MR) is 77.9 cm³/mol. The van der Waals surface area contributed by atoms with Gasteiger partial charge in [-0.05, 0) is 38.8 Å². The van der Waals surface area contributed by atoms with Crippen molar-refractivity contribution in [2.45, 2.75) is 32.2 Å². The highest BCUT2D eigenvalue weighted by Gasteiger charge is 2.10. The summed E-state index contributed by atoms with van der Waals surface area (Å²) in [5.74, 6) is 0. The van der Waals surface area contributed by atoms with Crippen molar-refractivity contribution in [1.29, 1.82) is 0 Å². The van der Waals surface area contributed by atoms with Gasteiger partial charge in [0.15, 0.2) is 0 Å². The SMILES string of the molecule is CNC(CCCc1ccccc1)c1cnc(C)cn1. The highest BCUT2D eigenvalue weighted by Crippen LogP contribution is 2.17. The Hall–Kier alpha value is -1.74. The number of aromatic nitrogens is 2. The minimum atomic E-state index is 0.289. The van der Waals surface area contributed by atoms with Crippen molar-refractivity contribution in [3.05, 3.63) is 59.7 Å². The first-order valence-corrected chi connectivity index (χ1v) is 6.79. The van der Waals surface area contributed by atoms with Crippen LogP contribution in [0.15, 0.2) is 42.7 Å². The van der Waals surface area contributed by atoms with E-state index in [-0.39, 0.29) is 6.04 Å². The van der Waals surface area contributed by atoms with Crippen LogP contribution >= 0.6 is 0 Å². The molecule has 0 saturated heterocycles. The number of aryl methyl sites for hydroxylation is 2. The molecule has 0 aliphatic carbocycles. The molecule has 1 unspecified atom stereocenters. The second kappa shape index (κ2) is 7.00. The zero-order valence-corrected chi connectivity index (χ0v) is 11.6. The Kier molecular flexibility index (Phi) is 5.04. The van der Waals surface area contributed by atoms with Gasteiger partial charge in [0.05, 0.1) is 23.6 Å². The second-order valence-electron chi connectivity index (χ2n) is 4.80. The molecule has 0 saturated carbocycles. The maximum atomic E-state index is 4.45. The van der Waals surface area contributed by atoms with E-state index in [1.54, 1.807) is 0 Å². The summed E-state index contributed by atoms with van der Waals surface area (Å²) in [5, 5.41) is 3.32. The lowest BCUT2D eigenvalue weighted by Crippen LogP contribution is -2.18. The molecule has 0 aliphatic heterocycles. The lowest BCUT2D eigenvalue weighted by molar-refractivity contribution is 0.513. The van der Waals surface area contributed by atoms with Crippen LogP contribution in [0.2, 0.25) is 0 Å². The van der Waals surface area contributed by atoms with E-state index >= 15 is 0 Å². The Morgan fingerprint density at radius 1 is 1.11 bits per heavy atom. The van der Waals surface area contributed by atoms with Gasteiger partial charge in [-0.15, -0.1) is 0 Å². The topological polar surface area (TPSA) is 37.8 Å². The van der Waals surface area contributed by atoms with E-state index < -0.39 is 0 Å². The first-order chi connectivity index (χ1) is 9.29. The molecule has 1 atom stereocenters. The molecule has 0 fully saturated rings. The molecule has 0 amide bonds. The molecule has 2 aromatic rings. The van der Waals surface area contributed by atoms with E-state index in [0.717, 1.165) is 30.7 Å². The third kappa shape index (κ3) is 4.14. The van der Waals surface area contributed by atoms with E-state index in [2.05, 4.69) is 45.6 Å². The van der Waals surface area contributed by atoms with Gasteiger partial charge in [-0.1, -0.05) is 30.3 Å². The molecule has 1 aromatic heterocycles. The van der Waals surface area contributed by atoms with Gasteiger partial charge in [-0.2, -0.15) is 0 Å². The first-order valence-electron chi connectivity index (χ1n) is 6.79. The van der Waals surface area contributed by atoms with Gasteiger partial charge in [0.2, 0.25) is 0 Å². The van der Waals surface area contributed by atoms with Crippen molar-refractivity contribution in [1.82, 2.24) is 15.3 Å². The first kappa shape index (κ1) is 13.7. The van der Waals surface area contributed by atoms with Crippen LogP contribution in [0, 0.1) is 6.92 Å². The summed E-state index contributed by atoms with van der Waals surface area (Å²) in [6.07, 6.45) is 7.03. The van der Waals surface area contributed by atoms with Gasteiger partial charge in [0, 0.05) is 6.20 Å². The molecule has 0 radical (unpaired) electrons. The molecule has 1 aromatic carbocycles. The van der Waals surface area contributed by atoms with Crippen LogP contribution < -0.4 is 5.32 Å². The standard InChI is InChI=1S/C16H21N3/c1-13-11-19-16(12-18-13)15(17-2)10-6-9-14-7-4-3-5-8-14/h3-5,7-8,11-12,15,17H,6,9-10H2,1-2H3. The number of rotatable bonds is 6. The van der Waals surface area contributed by atoms with E-state index in [9.17, 15) is 0 Å². The Morgan fingerprint density at radius 3 is 2.53 bits per heavy atom. The summed E-state index contributed by atoms with van der Waals surface area (Å²) in [6, 6.07) is 10.9. The summed E-state index contributed by atoms with van der Waals surface area (Å²) in [4.78, 5) is 8.76. The number of hydrogen-bond donors (Lipinski definition) is 1. The van der Waals surface area contributed by atoms with Crippen molar-refractivity contribution < 1.29 is 0 Å². The summed E-state index contributed by atoms with van der Waals surface area (Å²) >= 11 is 0. The monoisotopic (exact) mass is 255 g/mol. The third-order valence-corrected chi connectivity index (χ3v) is 3.31. The van der Waals surface area contributed by atoms with Crippen molar-refractivity contribution in [2.75, 3.05) is 7.05 Å². The molecule has 1 heterocycles. The molecule has 2 rings (SSSR count). The van der Waals surface area contributed by atoms with Crippen LogP contribution in [0.3, 0.4) is 0 Å². The zero-order valence-electron chi connectivity index (χ0n) is 11.6. The Balaban J connectivity index is 1.87. The maximum Gasteiger partial charge on any atom is 0.0756 e. The second-order valence-corrected chi connectivity index (χ2v) is 4.80. The van der Waals surface area contributed by atoms with E-state index in [4.69, 9.17) is 0 Å². The van der Waals surface area contributed by atoms with Gasteiger partial charge in [-0.3, -0.25) is 9.97 Å². The normalized spacial score (nSPS) is 12.3. The quantitative estimate of drug-likeness (QED) is 0.862. The van der Waals surface area contributed by atoms with Crippen molar-refractivity contribution in [3.63, 3.8) is 0 Å². The molecule has 0 aliphatic rings. The van der Waals surface area contributed by atoms with Crippen molar-refractivity contribution in [2.24, 2.45) is 0 Å². The fourth-order valence-corrected chi connectivity index (χ4v) is 2.18. The number of nitrogens with one attached hydrogen (secondary N) is 1. The average molecular weight is 255 g/mol. The summed E-state index contributed by atoms with van der Waals surface area (Å²) in [7, 11) is 1.98. The molecule has 1 N–H and O–H groups in total. The molecule has 0 spiro atoms. The van der Waals surface area contributed by atoms with Gasteiger partial charge in [0.25, 0.3) is 0 Å². The largest absolute Gasteiger partial charge is 0.312 e. The Labute approximate surface area is 115 Å². The van der Waals surface area contributed by atoms with Gasteiger partial charge < -0.3 is 5.32 Å². The van der Waals surface area contributed by atoms with E-state index in [0.29, 0.717) is 0 Å². The lowest BCUT2D eigenvalue weighted by Gasteiger charge is -2.15. The average Bonchev–Trinajstić information content (AvgIpc) is 2.46. The van der Waals surface area contributed by atoms with Crippen LogP contribution in [0.25, 0.3) is 0 Å². The number of hydrogen-bond acceptors (Lipinski definition) is 3. The molecule has 19 heavy (non-hydrogen) atoms. The van der Waals surface area contributed by atoms with Gasteiger partial charge in [-0.25, -0.2) is 0 Å². The van der Waals surface area contributed by atoms with E-state index in [1.165, 1.54) is 5.56 Å². The van der Waals surface area contributed by atoms with Crippen LogP contribution in [-0.2, 0) is 6.42 Å². The van der Waals surface area contributed by atoms with Crippen LogP contribution in [0.1, 0.15) is 35.8 Å². The Morgan fingerprint density at radius 2 is 1.89 bits per heavy atom. The zero-order chi connectivity index (χ0) is 13.5. The molecular weight excluding hydrogens is 234 g/mol. The molecule has 3 heteroatoms. The summed E-state index contributed by atoms with van der Waals surface area (Å²) in [5.41, 5.74) is 3.39. The van der Waals surface area contributed by atoms with Gasteiger partial charge in [0.1, 0.15) is 0 Å². The van der Waals surface area contributed by atoms with Crippen LogP contribution in [0.5, 0.6) is 0 Å². The molecule has 100 valence electrons.